The molecule has 0 radical (unpaired) electrons. The van der Waals surface area contributed by atoms with Gasteiger partial charge >= 0.3 is 0 Å². The highest BCUT2D eigenvalue weighted by molar-refractivity contribution is 7.18. The second-order valence-corrected chi connectivity index (χ2v) is 4.50. The second-order valence-electron chi connectivity index (χ2n) is 3.47. The van der Waals surface area contributed by atoms with Gasteiger partial charge in [0.25, 0.3) is 0 Å². The van der Waals surface area contributed by atoms with Crippen molar-refractivity contribution >= 4 is 16.5 Å². The maximum atomic E-state index is 13.0. The summed E-state index contributed by atoms with van der Waals surface area (Å²) >= 11 is 1.55. The Morgan fingerprint density at radius 2 is 2.31 bits per heavy atom. The molecular formula is C12H13FN2S. The Kier molecular flexibility index (Phi) is 3.51. The van der Waals surface area contributed by atoms with Crippen LogP contribution in [0.3, 0.4) is 0 Å². The zero-order valence-corrected chi connectivity index (χ0v) is 9.85. The third-order valence-corrected chi connectivity index (χ3v) is 3.15. The minimum Gasteiger partial charge on any atom is -0.362 e. The minimum absolute atomic E-state index is 0.214. The molecule has 0 saturated heterocycles. The van der Waals surface area contributed by atoms with E-state index in [1.165, 1.54) is 12.1 Å². The van der Waals surface area contributed by atoms with Gasteiger partial charge in [0.05, 0.1) is 4.88 Å². The van der Waals surface area contributed by atoms with Crippen LogP contribution in [0.15, 0.2) is 30.5 Å². The number of nitrogens with zero attached hydrogens (tertiary/aromatic N) is 1. The molecule has 0 unspecified atom stereocenters. The largest absolute Gasteiger partial charge is 0.362 e. The van der Waals surface area contributed by atoms with E-state index in [1.54, 1.807) is 23.6 Å². The number of thiazole rings is 1. The summed E-state index contributed by atoms with van der Waals surface area (Å²) < 4.78 is 13.0. The summed E-state index contributed by atoms with van der Waals surface area (Å²) in [5.74, 6) is -0.214. The highest BCUT2D eigenvalue weighted by atomic mass is 32.1. The minimum atomic E-state index is -0.214. The van der Waals surface area contributed by atoms with Crippen LogP contribution in [-0.4, -0.2) is 11.5 Å². The van der Waals surface area contributed by atoms with E-state index < -0.39 is 0 Å². The molecule has 0 aliphatic rings. The zero-order valence-electron chi connectivity index (χ0n) is 9.03. The van der Waals surface area contributed by atoms with Crippen LogP contribution in [0, 0.1) is 5.82 Å². The third kappa shape index (κ3) is 2.58. The highest BCUT2D eigenvalue weighted by Gasteiger charge is 2.04. The maximum absolute atomic E-state index is 13.0. The van der Waals surface area contributed by atoms with Crippen molar-refractivity contribution in [3.63, 3.8) is 0 Å². The fourth-order valence-corrected chi connectivity index (χ4v) is 2.20. The topological polar surface area (TPSA) is 24.9 Å². The van der Waals surface area contributed by atoms with Crippen molar-refractivity contribution in [2.45, 2.75) is 13.3 Å². The van der Waals surface area contributed by atoms with Gasteiger partial charge in [-0.25, -0.2) is 9.37 Å². The van der Waals surface area contributed by atoms with Gasteiger partial charge in [0, 0.05) is 12.7 Å². The molecule has 0 fully saturated rings. The molecule has 1 aromatic heterocycles. The summed E-state index contributed by atoms with van der Waals surface area (Å²) in [7, 11) is 0. The molecular weight excluding hydrogens is 223 g/mol. The summed E-state index contributed by atoms with van der Waals surface area (Å²) in [6.45, 7) is 3.02. The van der Waals surface area contributed by atoms with Gasteiger partial charge in [0.15, 0.2) is 5.13 Å². The van der Waals surface area contributed by atoms with Crippen molar-refractivity contribution < 1.29 is 4.39 Å². The van der Waals surface area contributed by atoms with Crippen LogP contribution in [-0.2, 0) is 0 Å². The molecule has 0 aliphatic heterocycles. The molecule has 0 atom stereocenters. The number of hydrogen-bond acceptors (Lipinski definition) is 3. The molecule has 4 heteroatoms. The van der Waals surface area contributed by atoms with Crippen LogP contribution in [0.5, 0.6) is 0 Å². The van der Waals surface area contributed by atoms with Crippen molar-refractivity contribution in [1.29, 1.82) is 0 Å². The number of nitrogens with one attached hydrogen (secondary N) is 1. The number of halogens is 1. The van der Waals surface area contributed by atoms with Crippen LogP contribution in [0.2, 0.25) is 0 Å². The van der Waals surface area contributed by atoms with Crippen molar-refractivity contribution in [2.24, 2.45) is 0 Å². The van der Waals surface area contributed by atoms with Crippen LogP contribution in [0.4, 0.5) is 9.52 Å². The molecule has 0 spiro atoms. The monoisotopic (exact) mass is 236 g/mol. The van der Waals surface area contributed by atoms with Crippen LogP contribution in [0.1, 0.15) is 13.3 Å². The second kappa shape index (κ2) is 5.07. The van der Waals surface area contributed by atoms with Crippen molar-refractivity contribution in [2.75, 3.05) is 11.9 Å². The summed E-state index contributed by atoms with van der Waals surface area (Å²) in [5.41, 5.74) is 0.877. The molecule has 2 aromatic rings. The number of hydrogen-bond donors (Lipinski definition) is 1. The maximum Gasteiger partial charge on any atom is 0.183 e. The first-order valence-electron chi connectivity index (χ1n) is 5.25. The molecule has 1 heterocycles. The Morgan fingerprint density at radius 1 is 1.44 bits per heavy atom. The number of rotatable bonds is 4. The molecule has 1 aromatic carbocycles. The van der Waals surface area contributed by atoms with Gasteiger partial charge in [0.1, 0.15) is 5.82 Å². The SMILES string of the molecule is CCCNc1ncc(-c2cccc(F)c2)s1. The summed E-state index contributed by atoms with van der Waals surface area (Å²) in [5, 5.41) is 4.10. The first-order valence-corrected chi connectivity index (χ1v) is 6.07. The Morgan fingerprint density at radius 3 is 3.06 bits per heavy atom. The van der Waals surface area contributed by atoms with Crippen molar-refractivity contribution in [3.8, 4) is 10.4 Å². The molecule has 16 heavy (non-hydrogen) atoms. The average molecular weight is 236 g/mol. The molecule has 0 saturated carbocycles. The van der Waals surface area contributed by atoms with E-state index in [9.17, 15) is 4.39 Å². The van der Waals surface area contributed by atoms with Gasteiger partial charge in [-0.2, -0.15) is 0 Å². The van der Waals surface area contributed by atoms with E-state index in [0.717, 1.165) is 28.5 Å². The standard InChI is InChI=1S/C12H13FN2S/c1-2-6-14-12-15-8-11(16-12)9-4-3-5-10(13)7-9/h3-5,7-8H,2,6H2,1H3,(H,14,15). The fourth-order valence-electron chi connectivity index (χ4n) is 1.36. The van der Waals surface area contributed by atoms with E-state index in [1.807, 2.05) is 6.07 Å². The van der Waals surface area contributed by atoms with E-state index >= 15 is 0 Å². The van der Waals surface area contributed by atoms with Crippen LogP contribution < -0.4 is 5.32 Å². The molecule has 2 rings (SSSR count). The lowest BCUT2D eigenvalue weighted by Crippen LogP contribution is -1.97. The van der Waals surface area contributed by atoms with E-state index in [0.29, 0.717) is 0 Å². The molecule has 0 amide bonds. The first-order chi connectivity index (χ1) is 7.79. The van der Waals surface area contributed by atoms with Gasteiger partial charge < -0.3 is 5.32 Å². The number of aromatic nitrogens is 1. The van der Waals surface area contributed by atoms with Gasteiger partial charge in [0.2, 0.25) is 0 Å². The molecule has 0 aliphatic carbocycles. The van der Waals surface area contributed by atoms with Gasteiger partial charge in [-0.1, -0.05) is 30.4 Å². The van der Waals surface area contributed by atoms with Gasteiger partial charge in [-0.3, -0.25) is 0 Å². The lowest BCUT2D eigenvalue weighted by Gasteiger charge is -1.97. The summed E-state index contributed by atoms with van der Waals surface area (Å²) in [6.07, 6.45) is 2.84. The quantitative estimate of drug-likeness (QED) is 0.874. The van der Waals surface area contributed by atoms with E-state index in [-0.39, 0.29) is 5.82 Å². The summed E-state index contributed by atoms with van der Waals surface area (Å²) in [4.78, 5) is 5.23. The average Bonchev–Trinajstić information content (AvgIpc) is 2.75. The van der Waals surface area contributed by atoms with Gasteiger partial charge in [-0.05, 0) is 24.1 Å². The summed E-state index contributed by atoms with van der Waals surface area (Å²) in [6, 6.07) is 6.57. The first kappa shape index (κ1) is 11.1. The predicted octanol–water partition coefficient (Wildman–Crippen LogP) is 3.77. The number of anilines is 1. The van der Waals surface area contributed by atoms with Crippen LogP contribution in [0.25, 0.3) is 10.4 Å². The fraction of sp³-hybridized carbons (Fsp3) is 0.250. The lowest BCUT2D eigenvalue weighted by molar-refractivity contribution is 0.628. The van der Waals surface area contributed by atoms with Crippen molar-refractivity contribution in [1.82, 2.24) is 4.98 Å². The molecule has 0 bridgehead atoms. The normalized spacial score (nSPS) is 10.4. The molecule has 2 nitrogen and oxygen atoms in total. The zero-order chi connectivity index (χ0) is 11.4. The Balaban J connectivity index is 2.18. The highest BCUT2D eigenvalue weighted by Crippen LogP contribution is 2.29. The third-order valence-electron chi connectivity index (χ3n) is 2.14. The molecule has 84 valence electrons. The lowest BCUT2D eigenvalue weighted by atomic mass is 10.2. The Bertz CT molecular complexity index is 468. The smallest absolute Gasteiger partial charge is 0.183 e. The van der Waals surface area contributed by atoms with E-state index in [2.05, 4.69) is 17.2 Å². The predicted molar refractivity (Wildman–Crippen MR) is 66.3 cm³/mol. The van der Waals surface area contributed by atoms with E-state index in [4.69, 9.17) is 0 Å². The molecule has 1 N–H and O–H groups in total. The van der Waals surface area contributed by atoms with Crippen LogP contribution >= 0.6 is 11.3 Å². The number of benzene rings is 1. The van der Waals surface area contributed by atoms with Gasteiger partial charge in [-0.15, -0.1) is 0 Å². The Labute approximate surface area is 98.2 Å². The van der Waals surface area contributed by atoms with Crippen molar-refractivity contribution in [3.05, 3.63) is 36.3 Å². The Hall–Kier alpha value is -1.42.